The Labute approximate surface area is 365 Å². The molecule has 0 fully saturated rings. The standard InChI is InChI=1S/C58H37N3S/c1-3-15-38(16-4-1)43-21-13-23-45(35-43)55-59-56(46-24-14-22-44(36-46)39-17-5-2-6-18-39)61-57(60-55)47-32-31-42-30-29-41-20-8-10-26-49(41)58(52(42)37-47)50-27-11-12-28-53(50)62-54-48-25-9-7-19-40(48)33-34-51(54)58/h1-37H. The molecule has 1 spiro atoms. The minimum Gasteiger partial charge on any atom is -0.208 e. The normalized spacial score (nSPS) is 14.7. The second-order valence-electron chi connectivity index (χ2n) is 15.9. The van der Waals surface area contributed by atoms with E-state index in [9.17, 15) is 0 Å². The molecule has 1 aliphatic carbocycles. The Morgan fingerprint density at radius 1 is 0.323 bits per heavy atom. The van der Waals surface area contributed by atoms with Crippen molar-refractivity contribution in [1.29, 1.82) is 0 Å². The van der Waals surface area contributed by atoms with Crippen molar-refractivity contribution >= 4 is 34.7 Å². The summed E-state index contributed by atoms with van der Waals surface area (Å²) in [6, 6.07) is 76.1. The van der Waals surface area contributed by atoms with Crippen LogP contribution < -0.4 is 0 Å². The fourth-order valence-electron chi connectivity index (χ4n) is 9.52. The van der Waals surface area contributed by atoms with Crippen molar-refractivity contribution in [1.82, 2.24) is 15.0 Å². The van der Waals surface area contributed by atoms with Gasteiger partial charge in [0.05, 0.1) is 5.41 Å². The lowest BCUT2D eigenvalue weighted by Gasteiger charge is -2.43. The summed E-state index contributed by atoms with van der Waals surface area (Å²) in [7, 11) is 0. The van der Waals surface area contributed by atoms with Crippen molar-refractivity contribution in [3.63, 3.8) is 0 Å². The molecule has 9 aromatic carbocycles. The lowest BCUT2D eigenvalue weighted by atomic mass is 9.63. The van der Waals surface area contributed by atoms with E-state index in [1.807, 2.05) is 23.9 Å². The van der Waals surface area contributed by atoms with E-state index in [0.29, 0.717) is 17.5 Å². The van der Waals surface area contributed by atoms with Crippen molar-refractivity contribution in [3.05, 3.63) is 246 Å². The first kappa shape index (κ1) is 36.2. The van der Waals surface area contributed by atoms with Gasteiger partial charge in [-0.05, 0) is 90.7 Å². The molecule has 62 heavy (non-hydrogen) atoms. The summed E-state index contributed by atoms with van der Waals surface area (Å²) in [5, 5.41) is 2.50. The summed E-state index contributed by atoms with van der Waals surface area (Å²) < 4.78 is 0. The average Bonchev–Trinajstić information content (AvgIpc) is 3.49. The topological polar surface area (TPSA) is 38.7 Å². The molecule has 12 rings (SSSR count). The maximum absolute atomic E-state index is 5.35. The van der Waals surface area contributed by atoms with Crippen LogP contribution in [-0.4, -0.2) is 15.0 Å². The van der Waals surface area contributed by atoms with E-state index in [-0.39, 0.29) is 0 Å². The van der Waals surface area contributed by atoms with Gasteiger partial charge in [0.15, 0.2) is 17.5 Å². The third-order valence-electron chi connectivity index (χ3n) is 12.4. The highest BCUT2D eigenvalue weighted by atomic mass is 32.2. The fraction of sp³-hybridized carbons (Fsp3) is 0.0172. The van der Waals surface area contributed by atoms with Gasteiger partial charge in [-0.15, -0.1) is 0 Å². The van der Waals surface area contributed by atoms with Crippen LogP contribution in [0.25, 0.3) is 79.3 Å². The Bertz CT molecular complexity index is 3290. The molecule has 0 bridgehead atoms. The van der Waals surface area contributed by atoms with E-state index >= 15 is 0 Å². The van der Waals surface area contributed by atoms with E-state index < -0.39 is 5.41 Å². The number of benzene rings is 9. The minimum absolute atomic E-state index is 0.622. The zero-order chi connectivity index (χ0) is 41.0. The second kappa shape index (κ2) is 14.8. The molecule has 290 valence electrons. The summed E-state index contributed by atoms with van der Waals surface area (Å²) >= 11 is 1.88. The second-order valence-corrected chi connectivity index (χ2v) is 17.0. The molecule has 0 amide bonds. The van der Waals surface area contributed by atoms with Crippen LogP contribution in [0.1, 0.15) is 33.4 Å². The van der Waals surface area contributed by atoms with Gasteiger partial charge in [-0.2, -0.15) is 0 Å². The first-order valence-corrected chi connectivity index (χ1v) is 21.8. The van der Waals surface area contributed by atoms with E-state index in [2.05, 4.69) is 212 Å². The zero-order valence-electron chi connectivity index (χ0n) is 33.6. The molecule has 1 aliphatic heterocycles. The van der Waals surface area contributed by atoms with Gasteiger partial charge < -0.3 is 0 Å². The number of hydrogen-bond donors (Lipinski definition) is 0. The summed E-state index contributed by atoms with van der Waals surface area (Å²) in [4.78, 5) is 18.5. The maximum atomic E-state index is 5.35. The van der Waals surface area contributed by atoms with Crippen LogP contribution >= 0.6 is 11.8 Å². The monoisotopic (exact) mass is 807 g/mol. The van der Waals surface area contributed by atoms with Crippen molar-refractivity contribution in [2.24, 2.45) is 0 Å². The molecule has 0 N–H and O–H groups in total. The first-order valence-electron chi connectivity index (χ1n) is 21.0. The van der Waals surface area contributed by atoms with E-state index in [0.717, 1.165) is 44.5 Å². The zero-order valence-corrected chi connectivity index (χ0v) is 34.4. The molecular weight excluding hydrogens is 771 g/mol. The number of aromatic nitrogens is 3. The molecule has 10 aromatic rings. The van der Waals surface area contributed by atoms with Crippen LogP contribution in [0.5, 0.6) is 0 Å². The predicted octanol–water partition coefficient (Wildman–Crippen LogP) is 14.7. The Kier molecular flexibility index (Phi) is 8.65. The van der Waals surface area contributed by atoms with Gasteiger partial charge >= 0.3 is 0 Å². The van der Waals surface area contributed by atoms with Gasteiger partial charge in [0.25, 0.3) is 0 Å². The average molecular weight is 808 g/mol. The molecule has 2 heterocycles. The molecule has 1 aromatic heterocycles. The van der Waals surface area contributed by atoms with Crippen LogP contribution in [0.3, 0.4) is 0 Å². The molecule has 1 atom stereocenters. The quantitative estimate of drug-likeness (QED) is 0.174. The Balaban J connectivity index is 1.12. The number of hydrogen-bond acceptors (Lipinski definition) is 4. The van der Waals surface area contributed by atoms with Gasteiger partial charge in [0.2, 0.25) is 0 Å². The van der Waals surface area contributed by atoms with Crippen molar-refractivity contribution in [3.8, 4) is 56.4 Å². The largest absolute Gasteiger partial charge is 0.208 e. The predicted molar refractivity (Wildman–Crippen MR) is 256 cm³/mol. The highest BCUT2D eigenvalue weighted by molar-refractivity contribution is 7.99. The molecule has 4 heteroatoms. The Morgan fingerprint density at radius 2 is 0.839 bits per heavy atom. The number of rotatable bonds is 5. The molecule has 0 saturated heterocycles. The third kappa shape index (κ3) is 5.94. The van der Waals surface area contributed by atoms with Gasteiger partial charge in [0.1, 0.15) is 0 Å². The van der Waals surface area contributed by atoms with Gasteiger partial charge in [-0.1, -0.05) is 212 Å². The van der Waals surface area contributed by atoms with Crippen molar-refractivity contribution < 1.29 is 0 Å². The van der Waals surface area contributed by atoms with Crippen LogP contribution in [0.4, 0.5) is 0 Å². The molecular formula is C58H37N3S. The maximum Gasteiger partial charge on any atom is 0.164 e. The SMILES string of the molecule is C1=Cc2ccc(-c3nc(-c4cccc(-c5ccccc5)c4)nc(-c4cccc(-c5ccccc5)c4)n3)cc2C2(c3ccccc31)c1ccccc1Sc1c2ccc2ccccc12. The van der Waals surface area contributed by atoms with Crippen molar-refractivity contribution in [2.45, 2.75) is 15.2 Å². The van der Waals surface area contributed by atoms with E-state index in [1.165, 1.54) is 48.4 Å². The molecule has 0 saturated carbocycles. The highest BCUT2D eigenvalue weighted by Crippen LogP contribution is 2.59. The highest BCUT2D eigenvalue weighted by Gasteiger charge is 2.47. The van der Waals surface area contributed by atoms with Crippen molar-refractivity contribution in [2.75, 3.05) is 0 Å². The van der Waals surface area contributed by atoms with E-state index in [4.69, 9.17) is 15.0 Å². The minimum atomic E-state index is -0.640. The van der Waals surface area contributed by atoms with Gasteiger partial charge in [-0.3, -0.25) is 0 Å². The van der Waals surface area contributed by atoms with Crippen LogP contribution in [0, 0.1) is 0 Å². The van der Waals surface area contributed by atoms with Crippen LogP contribution in [0.15, 0.2) is 222 Å². The first-order chi connectivity index (χ1) is 30.7. The summed E-state index contributed by atoms with van der Waals surface area (Å²) in [5.41, 5.74) is 14.0. The molecule has 2 aliphatic rings. The van der Waals surface area contributed by atoms with Crippen LogP contribution in [-0.2, 0) is 5.41 Å². The lowest BCUT2D eigenvalue weighted by Crippen LogP contribution is -2.35. The third-order valence-corrected chi connectivity index (χ3v) is 13.6. The number of nitrogens with zero attached hydrogens (tertiary/aromatic N) is 3. The Hall–Kier alpha value is -7.66. The molecule has 0 radical (unpaired) electrons. The Morgan fingerprint density at radius 3 is 1.52 bits per heavy atom. The van der Waals surface area contributed by atoms with Gasteiger partial charge in [0, 0.05) is 26.5 Å². The smallest absolute Gasteiger partial charge is 0.164 e. The molecule has 3 nitrogen and oxygen atoms in total. The number of fused-ring (bicyclic) bond motifs is 10. The summed E-state index contributed by atoms with van der Waals surface area (Å²) in [6.07, 6.45) is 4.57. The fourth-order valence-corrected chi connectivity index (χ4v) is 10.8. The van der Waals surface area contributed by atoms with Gasteiger partial charge in [-0.25, -0.2) is 15.0 Å². The van der Waals surface area contributed by atoms with Crippen LogP contribution in [0.2, 0.25) is 0 Å². The summed E-state index contributed by atoms with van der Waals surface area (Å²) in [6.45, 7) is 0. The van der Waals surface area contributed by atoms with E-state index in [1.54, 1.807) is 0 Å². The lowest BCUT2D eigenvalue weighted by molar-refractivity contribution is 0.704. The summed E-state index contributed by atoms with van der Waals surface area (Å²) in [5.74, 6) is 1.87. The molecule has 1 unspecified atom stereocenters.